The SMILES string of the molecule is O=C(Nc1sc(=Nc2ccccc2)n(Cc2ccco2)c1-c1ccc(F)cc1)c1ccc(Cl)cc1. The summed E-state index contributed by atoms with van der Waals surface area (Å²) in [5.41, 5.74) is 2.66. The van der Waals surface area contributed by atoms with Crippen molar-refractivity contribution in [3.05, 3.63) is 124 Å². The summed E-state index contributed by atoms with van der Waals surface area (Å²) in [4.78, 5) is 18.6. The average Bonchev–Trinajstić information content (AvgIpc) is 3.49. The first-order valence-corrected chi connectivity index (χ1v) is 11.9. The molecule has 5 rings (SSSR count). The van der Waals surface area contributed by atoms with Crippen molar-refractivity contribution >= 4 is 39.5 Å². The van der Waals surface area contributed by atoms with Gasteiger partial charge < -0.3 is 14.3 Å². The first kappa shape index (κ1) is 22.8. The smallest absolute Gasteiger partial charge is 0.256 e. The zero-order valence-corrected chi connectivity index (χ0v) is 19.9. The van der Waals surface area contributed by atoms with Crippen molar-refractivity contribution in [2.24, 2.45) is 4.99 Å². The number of carbonyl (C=O) groups excluding carboxylic acids is 1. The maximum absolute atomic E-state index is 13.7. The highest BCUT2D eigenvalue weighted by molar-refractivity contribution is 7.14. The molecule has 0 aliphatic heterocycles. The Labute approximate surface area is 209 Å². The molecule has 0 bridgehead atoms. The van der Waals surface area contributed by atoms with E-state index in [2.05, 4.69) is 5.32 Å². The van der Waals surface area contributed by atoms with Crippen molar-refractivity contribution in [3.8, 4) is 11.3 Å². The molecule has 8 heteroatoms. The van der Waals surface area contributed by atoms with Crippen LogP contribution in [0.1, 0.15) is 16.1 Å². The van der Waals surface area contributed by atoms with Crippen molar-refractivity contribution in [1.82, 2.24) is 4.57 Å². The minimum absolute atomic E-state index is 0.289. The third kappa shape index (κ3) is 5.26. The second kappa shape index (κ2) is 10.1. The van der Waals surface area contributed by atoms with Crippen molar-refractivity contribution in [2.75, 3.05) is 5.32 Å². The lowest BCUT2D eigenvalue weighted by molar-refractivity contribution is 0.102. The zero-order chi connectivity index (χ0) is 24.2. The number of anilines is 1. The molecule has 1 amide bonds. The van der Waals surface area contributed by atoms with Gasteiger partial charge in [0.15, 0.2) is 4.80 Å². The number of hydrogen-bond donors (Lipinski definition) is 1. The normalized spacial score (nSPS) is 11.5. The molecule has 2 heterocycles. The number of amides is 1. The van der Waals surface area contributed by atoms with Crippen LogP contribution in [-0.4, -0.2) is 10.5 Å². The number of aromatic nitrogens is 1. The van der Waals surface area contributed by atoms with Gasteiger partial charge in [0, 0.05) is 16.1 Å². The van der Waals surface area contributed by atoms with Crippen LogP contribution >= 0.6 is 22.9 Å². The molecule has 5 nitrogen and oxygen atoms in total. The molecule has 2 aromatic heterocycles. The van der Waals surface area contributed by atoms with Gasteiger partial charge in [-0.05, 0) is 72.8 Å². The standard InChI is InChI=1S/C27H19ClFN3O2S/c28-20-12-8-19(9-13-20)25(33)31-26-24(18-10-14-21(29)15-11-18)32(17-23-7-4-16-34-23)27(35-26)30-22-5-2-1-3-6-22/h1-16H,17H2,(H,31,33). The van der Waals surface area contributed by atoms with Crippen LogP contribution in [0.3, 0.4) is 0 Å². The monoisotopic (exact) mass is 503 g/mol. The molecule has 0 atom stereocenters. The fourth-order valence-electron chi connectivity index (χ4n) is 3.57. The topological polar surface area (TPSA) is 59.5 Å². The molecule has 0 saturated heterocycles. The highest BCUT2D eigenvalue weighted by atomic mass is 35.5. The molecular formula is C27H19ClFN3O2S. The fourth-order valence-corrected chi connectivity index (χ4v) is 4.76. The van der Waals surface area contributed by atoms with Crippen LogP contribution in [0.4, 0.5) is 15.1 Å². The molecule has 0 unspecified atom stereocenters. The highest BCUT2D eigenvalue weighted by Gasteiger charge is 2.20. The van der Waals surface area contributed by atoms with Gasteiger partial charge in [-0.15, -0.1) is 0 Å². The van der Waals surface area contributed by atoms with Crippen LogP contribution in [0.25, 0.3) is 11.3 Å². The van der Waals surface area contributed by atoms with Gasteiger partial charge in [0.2, 0.25) is 0 Å². The van der Waals surface area contributed by atoms with Crippen molar-refractivity contribution in [2.45, 2.75) is 6.54 Å². The van der Waals surface area contributed by atoms with E-state index in [0.717, 1.165) is 17.0 Å². The number of benzene rings is 3. The summed E-state index contributed by atoms with van der Waals surface area (Å²) in [6.45, 7) is 0.374. The first-order valence-electron chi connectivity index (χ1n) is 10.8. The molecule has 1 N–H and O–H groups in total. The quantitative estimate of drug-likeness (QED) is 0.268. The van der Waals surface area contributed by atoms with Crippen LogP contribution in [0, 0.1) is 5.82 Å². The van der Waals surface area contributed by atoms with E-state index in [1.807, 2.05) is 47.0 Å². The Hall–Kier alpha value is -3.94. The number of rotatable bonds is 6. The third-order valence-electron chi connectivity index (χ3n) is 5.24. The van der Waals surface area contributed by atoms with Gasteiger partial charge in [-0.1, -0.05) is 41.1 Å². The van der Waals surface area contributed by atoms with Crippen LogP contribution in [0.15, 0.2) is 107 Å². The largest absolute Gasteiger partial charge is 0.467 e. The van der Waals surface area contributed by atoms with Gasteiger partial charge >= 0.3 is 0 Å². The lowest BCUT2D eigenvalue weighted by Crippen LogP contribution is -2.17. The van der Waals surface area contributed by atoms with E-state index in [1.54, 1.807) is 42.7 Å². The number of halogens is 2. The van der Waals surface area contributed by atoms with E-state index in [-0.39, 0.29) is 11.7 Å². The predicted octanol–water partition coefficient (Wildman–Crippen LogP) is 7.14. The van der Waals surface area contributed by atoms with Gasteiger partial charge in [0.1, 0.15) is 16.6 Å². The lowest BCUT2D eigenvalue weighted by Gasteiger charge is -2.11. The minimum atomic E-state index is -0.345. The van der Waals surface area contributed by atoms with Crippen molar-refractivity contribution < 1.29 is 13.6 Å². The van der Waals surface area contributed by atoms with Crippen molar-refractivity contribution in [3.63, 3.8) is 0 Å². The van der Waals surface area contributed by atoms with E-state index in [0.29, 0.717) is 32.6 Å². The maximum atomic E-state index is 13.7. The van der Waals surface area contributed by atoms with Crippen molar-refractivity contribution in [1.29, 1.82) is 0 Å². The molecule has 0 spiro atoms. The van der Waals surface area contributed by atoms with Gasteiger partial charge in [-0.2, -0.15) is 0 Å². The molecular weight excluding hydrogens is 485 g/mol. The van der Waals surface area contributed by atoms with E-state index in [1.165, 1.54) is 23.5 Å². The van der Waals surface area contributed by atoms with E-state index in [4.69, 9.17) is 21.0 Å². The summed E-state index contributed by atoms with van der Waals surface area (Å²) in [5, 5.41) is 4.14. The zero-order valence-electron chi connectivity index (χ0n) is 18.3. The molecule has 0 fully saturated rings. The van der Waals surface area contributed by atoms with Crippen LogP contribution in [-0.2, 0) is 6.54 Å². The number of nitrogens with zero attached hydrogens (tertiary/aromatic N) is 2. The lowest BCUT2D eigenvalue weighted by atomic mass is 10.1. The molecule has 5 aromatic rings. The van der Waals surface area contributed by atoms with Crippen LogP contribution < -0.4 is 10.1 Å². The van der Waals surface area contributed by atoms with Gasteiger partial charge in [0.25, 0.3) is 5.91 Å². The van der Waals surface area contributed by atoms with Gasteiger partial charge in [-0.25, -0.2) is 9.38 Å². The molecule has 0 aliphatic rings. The molecule has 3 aromatic carbocycles. The maximum Gasteiger partial charge on any atom is 0.256 e. The summed E-state index contributed by atoms with van der Waals surface area (Å²) >= 11 is 7.31. The number of nitrogens with one attached hydrogen (secondary N) is 1. The second-order valence-electron chi connectivity index (χ2n) is 7.64. The number of carbonyl (C=O) groups is 1. The summed E-state index contributed by atoms with van der Waals surface area (Å²) in [7, 11) is 0. The Morgan fingerprint density at radius 1 is 0.971 bits per heavy atom. The molecule has 0 aliphatic carbocycles. The summed E-state index contributed by atoms with van der Waals surface area (Å²) in [6.07, 6.45) is 1.61. The summed E-state index contributed by atoms with van der Waals surface area (Å²) < 4.78 is 21.3. The summed E-state index contributed by atoms with van der Waals surface area (Å²) in [5.74, 6) is 0.0847. The summed E-state index contributed by atoms with van der Waals surface area (Å²) in [6, 6.07) is 26.0. The predicted molar refractivity (Wildman–Crippen MR) is 137 cm³/mol. The Morgan fingerprint density at radius 2 is 1.71 bits per heavy atom. The number of thiazole rings is 1. The second-order valence-corrected chi connectivity index (χ2v) is 9.06. The Kier molecular flexibility index (Phi) is 6.61. The third-order valence-corrected chi connectivity index (χ3v) is 6.48. The van der Waals surface area contributed by atoms with Crippen LogP contribution in [0.5, 0.6) is 0 Å². The van der Waals surface area contributed by atoms with Crippen LogP contribution in [0.2, 0.25) is 5.02 Å². The van der Waals surface area contributed by atoms with E-state index >= 15 is 0 Å². The molecule has 35 heavy (non-hydrogen) atoms. The minimum Gasteiger partial charge on any atom is -0.467 e. The van der Waals surface area contributed by atoms with Gasteiger partial charge in [0.05, 0.1) is 24.2 Å². The van der Waals surface area contributed by atoms with Gasteiger partial charge in [-0.3, -0.25) is 4.79 Å². The number of furan rings is 1. The Morgan fingerprint density at radius 3 is 2.40 bits per heavy atom. The van der Waals surface area contributed by atoms with E-state index in [9.17, 15) is 9.18 Å². The fraction of sp³-hybridized carbons (Fsp3) is 0.0370. The first-order chi connectivity index (χ1) is 17.1. The Balaban J connectivity index is 1.68. The molecule has 0 radical (unpaired) electrons. The molecule has 174 valence electrons. The Bertz CT molecular complexity index is 1510. The molecule has 0 saturated carbocycles. The van der Waals surface area contributed by atoms with E-state index < -0.39 is 0 Å². The highest BCUT2D eigenvalue weighted by Crippen LogP contribution is 2.32. The average molecular weight is 504 g/mol. The number of para-hydroxylation sites is 1. The number of hydrogen-bond acceptors (Lipinski definition) is 4.